The molecule has 2 aromatic rings. The molecule has 0 radical (unpaired) electrons. The van der Waals surface area contributed by atoms with E-state index in [0.717, 1.165) is 31.4 Å². The minimum absolute atomic E-state index is 0.0777. The van der Waals surface area contributed by atoms with Gasteiger partial charge in [0.25, 0.3) is 0 Å². The van der Waals surface area contributed by atoms with E-state index < -0.39 is 35.0 Å². The molecule has 5 N–H and O–H groups in total. The van der Waals surface area contributed by atoms with Crippen LogP contribution in [0.25, 0.3) is 0 Å². The number of amides is 2. The minimum Gasteiger partial charge on any atom is -0.384 e. The number of nitrogens with one attached hydrogen (secondary N) is 1. The predicted octanol–water partition coefficient (Wildman–Crippen LogP) is 2.89. The number of carbonyl (C=O) groups is 2. The molecule has 34 heavy (non-hydrogen) atoms. The third-order valence-electron chi connectivity index (χ3n) is 6.52. The molecule has 10 heteroatoms. The number of hydrogen-bond donors (Lipinski definition) is 3. The molecule has 2 atom stereocenters. The number of benzene rings is 1. The molecule has 0 saturated carbocycles. The lowest BCUT2D eigenvalue weighted by Gasteiger charge is -2.45. The van der Waals surface area contributed by atoms with Crippen LogP contribution in [-0.2, 0) is 28.7 Å². The lowest BCUT2D eigenvalue weighted by molar-refractivity contribution is -0.143. The van der Waals surface area contributed by atoms with E-state index >= 15 is 0 Å². The lowest BCUT2D eigenvalue weighted by Crippen LogP contribution is -2.64. The molecule has 2 heterocycles. The molecule has 1 saturated heterocycles. The van der Waals surface area contributed by atoms with Gasteiger partial charge in [-0.3, -0.25) is 14.5 Å². The van der Waals surface area contributed by atoms with Gasteiger partial charge in [-0.2, -0.15) is 13.2 Å². The fraction of sp³-hybridized carbons (Fsp3) is 0.458. The number of likely N-dealkylation sites (tertiary alicyclic amines) is 1. The van der Waals surface area contributed by atoms with Crippen molar-refractivity contribution in [1.82, 2.24) is 15.2 Å². The number of rotatable bonds is 8. The number of alkyl halides is 3. The van der Waals surface area contributed by atoms with Crippen LogP contribution in [0.2, 0.25) is 0 Å². The average Bonchev–Trinajstić information content (AvgIpc) is 2.81. The van der Waals surface area contributed by atoms with Gasteiger partial charge in [-0.15, -0.1) is 0 Å². The maximum atomic E-state index is 13.5. The Labute approximate surface area is 196 Å². The van der Waals surface area contributed by atoms with Gasteiger partial charge in [0, 0.05) is 12.7 Å². The molecular weight excluding hydrogens is 447 g/mol. The molecular formula is C24H30F3N5O2. The van der Waals surface area contributed by atoms with Crippen molar-refractivity contribution < 1.29 is 22.8 Å². The van der Waals surface area contributed by atoms with E-state index in [9.17, 15) is 22.8 Å². The number of carbonyl (C=O) groups excluding carboxylic acids is 2. The summed E-state index contributed by atoms with van der Waals surface area (Å²) in [5.74, 6) is -1.82. The number of piperidine rings is 1. The summed E-state index contributed by atoms with van der Waals surface area (Å²) in [6.07, 6.45) is -0.382. The topological polar surface area (TPSA) is 114 Å². The second-order valence-corrected chi connectivity index (χ2v) is 8.82. The number of anilines is 1. The zero-order valence-corrected chi connectivity index (χ0v) is 19.1. The van der Waals surface area contributed by atoms with E-state index in [0.29, 0.717) is 30.0 Å². The molecule has 1 aliphatic rings. The molecule has 1 aromatic carbocycles. The molecule has 7 nitrogen and oxygen atoms in total. The van der Waals surface area contributed by atoms with E-state index in [1.165, 1.54) is 18.3 Å². The fourth-order valence-electron chi connectivity index (χ4n) is 4.42. The van der Waals surface area contributed by atoms with Gasteiger partial charge >= 0.3 is 6.18 Å². The molecule has 1 unspecified atom stereocenters. The van der Waals surface area contributed by atoms with Gasteiger partial charge in [0.05, 0.1) is 11.5 Å². The van der Waals surface area contributed by atoms with Crippen molar-refractivity contribution in [3.8, 4) is 0 Å². The number of primary amides is 1. The molecule has 184 valence electrons. The molecule has 1 aromatic heterocycles. The largest absolute Gasteiger partial charge is 0.416 e. The first-order valence-electron chi connectivity index (χ1n) is 11.2. The summed E-state index contributed by atoms with van der Waals surface area (Å²) in [6, 6.07) is 8.13. The van der Waals surface area contributed by atoms with Crippen molar-refractivity contribution in [1.29, 1.82) is 0 Å². The first-order chi connectivity index (χ1) is 16.0. The highest BCUT2D eigenvalue weighted by atomic mass is 19.4. The standard InChI is InChI=1S/C24H30F3N5O2/c1-23(22(29)34,32-10-3-2-4-11-32)19(13-16-6-5-7-18(12-16)24(25,26)27)21(33)31-15-17-8-9-20(28)30-14-17/h5-9,12,14,19H,2-4,10-11,13,15H2,1H3,(H2,28,30)(H2,29,34)(H,31,33)/t19-,23?/m1/s1. The Kier molecular flexibility index (Phi) is 7.81. The van der Waals surface area contributed by atoms with Crippen LogP contribution in [0.5, 0.6) is 0 Å². The highest BCUT2D eigenvalue weighted by Gasteiger charge is 2.48. The molecule has 1 aliphatic heterocycles. The third-order valence-corrected chi connectivity index (χ3v) is 6.52. The maximum Gasteiger partial charge on any atom is 0.416 e. The van der Waals surface area contributed by atoms with Gasteiger partial charge in [0.2, 0.25) is 11.8 Å². The Hall–Kier alpha value is -3.14. The van der Waals surface area contributed by atoms with Gasteiger partial charge in [-0.25, -0.2) is 4.98 Å². The SMILES string of the molecule is CC(C(N)=O)([C@H](Cc1cccc(C(F)(F)F)c1)C(=O)NCc1ccc(N)nc1)N1CCCCC1. The van der Waals surface area contributed by atoms with E-state index in [-0.39, 0.29) is 13.0 Å². The van der Waals surface area contributed by atoms with Crippen molar-refractivity contribution in [2.24, 2.45) is 11.7 Å². The van der Waals surface area contributed by atoms with Crippen LogP contribution in [0.1, 0.15) is 42.9 Å². The van der Waals surface area contributed by atoms with E-state index in [1.807, 2.05) is 4.90 Å². The summed E-state index contributed by atoms with van der Waals surface area (Å²) in [7, 11) is 0. The predicted molar refractivity (Wildman–Crippen MR) is 122 cm³/mol. The Morgan fingerprint density at radius 3 is 2.41 bits per heavy atom. The minimum atomic E-state index is -4.52. The highest BCUT2D eigenvalue weighted by Crippen LogP contribution is 2.34. The average molecular weight is 478 g/mol. The normalized spacial score (nSPS) is 17.5. The van der Waals surface area contributed by atoms with Crippen LogP contribution in [0.15, 0.2) is 42.6 Å². The Balaban J connectivity index is 1.93. The summed E-state index contributed by atoms with van der Waals surface area (Å²) in [4.78, 5) is 32.1. The Morgan fingerprint density at radius 1 is 1.12 bits per heavy atom. The summed E-state index contributed by atoms with van der Waals surface area (Å²) >= 11 is 0. The van der Waals surface area contributed by atoms with Gasteiger partial charge in [0.1, 0.15) is 11.4 Å². The van der Waals surface area contributed by atoms with E-state index in [1.54, 1.807) is 19.1 Å². The summed E-state index contributed by atoms with van der Waals surface area (Å²) < 4.78 is 39.8. The Bertz CT molecular complexity index is 1010. The number of nitrogens with zero attached hydrogens (tertiary/aromatic N) is 2. The third kappa shape index (κ3) is 5.85. The number of pyridine rings is 1. The van der Waals surface area contributed by atoms with Crippen molar-refractivity contribution >= 4 is 17.6 Å². The van der Waals surface area contributed by atoms with Gasteiger partial charge in [0.15, 0.2) is 0 Å². The molecule has 0 aliphatic carbocycles. The van der Waals surface area contributed by atoms with Gasteiger partial charge in [-0.05, 0) is 62.5 Å². The molecule has 1 fully saturated rings. The molecule has 3 rings (SSSR count). The first-order valence-corrected chi connectivity index (χ1v) is 11.2. The van der Waals surface area contributed by atoms with Crippen molar-refractivity contribution in [3.63, 3.8) is 0 Å². The lowest BCUT2D eigenvalue weighted by atomic mass is 9.77. The van der Waals surface area contributed by atoms with Crippen LogP contribution >= 0.6 is 0 Å². The summed E-state index contributed by atoms with van der Waals surface area (Å²) in [6.45, 7) is 2.89. The van der Waals surface area contributed by atoms with Crippen molar-refractivity contribution in [2.75, 3.05) is 18.8 Å². The highest BCUT2D eigenvalue weighted by molar-refractivity contribution is 5.92. The zero-order valence-electron chi connectivity index (χ0n) is 19.1. The second kappa shape index (κ2) is 10.4. The van der Waals surface area contributed by atoms with Gasteiger partial charge < -0.3 is 16.8 Å². The van der Waals surface area contributed by atoms with Crippen molar-refractivity contribution in [3.05, 3.63) is 59.3 Å². The molecule has 2 amide bonds. The first kappa shape index (κ1) is 25.5. The van der Waals surface area contributed by atoms with Crippen LogP contribution < -0.4 is 16.8 Å². The summed E-state index contributed by atoms with van der Waals surface area (Å²) in [5, 5.41) is 2.81. The van der Waals surface area contributed by atoms with Crippen LogP contribution in [0, 0.1) is 5.92 Å². The second-order valence-electron chi connectivity index (χ2n) is 8.82. The van der Waals surface area contributed by atoms with E-state index in [2.05, 4.69) is 10.3 Å². The fourth-order valence-corrected chi connectivity index (χ4v) is 4.42. The van der Waals surface area contributed by atoms with Crippen LogP contribution in [-0.4, -0.2) is 40.3 Å². The number of hydrogen-bond acceptors (Lipinski definition) is 5. The monoisotopic (exact) mass is 477 g/mol. The maximum absolute atomic E-state index is 13.5. The molecule has 0 bridgehead atoms. The Morgan fingerprint density at radius 2 is 1.82 bits per heavy atom. The molecule has 0 spiro atoms. The van der Waals surface area contributed by atoms with Crippen molar-refractivity contribution in [2.45, 2.75) is 50.9 Å². The summed E-state index contributed by atoms with van der Waals surface area (Å²) in [5.41, 5.74) is 10.3. The van der Waals surface area contributed by atoms with Crippen LogP contribution in [0.3, 0.4) is 0 Å². The van der Waals surface area contributed by atoms with Gasteiger partial charge in [-0.1, -0.05) is 30.7 Å². The van der Waals surface area contributed by atoms with E-state index in [4.69, 9.17) is 11.5 Å². The zero-order chi connectivity index (χ0) is 24.9. The number of halogens is 3. The number of nitrogen functional groups attached to an aromatic ring is 1. The smallest absolute Gasteiger partial charge is 0.384 e. The quantitative estimate of drug-likeness (QED) is 0.541. The number of aromatic nitrogens is 1. The number of nitrogens with two attached hydrogens (primary N) is 2. The van der Waals surface area contributed by atoms with Crippen LogP contribution in [0.4, 0.5) is 19.0 Å².